The van der Waals surface area contributed by atoms with Crippen LogP contribution in [0.5, 0.6) is 0 Å². The molecule has 242 valence electrons. The number of amides is 2. The van der Waals surface area contributed by atoms with Crippen molar-refractivity contribution < 1.29 is 44.1 Å². The van der Waals surface area contributed by atoms with Crippen LogP contribution in [0.1, 0.15) is 141 Å². The van der Waals surface area contributed by atoms with Crippen LogP contribution in [-0.4, -0.2) is 60.9 Å². The molecular formula is C30H51IN2O9. The summed E-state index contributed by atoms with van der Waals surface area (Å²) in [5.74, 6) is -3.98. The summed E-state index contributed by atoms with van der Waals surface area (Å²) in [5, 5.41) is 31.7. The predicted molar refractivity (Wildman–Crippen MR) is 167 cm³/mol. The largest absolute Gasteiger partial charge is 0.481 e. The first-order valence-electron chi connectivity index (χ1n) is 15.5. The minimum atomic E-state index is -1.24. The van der Waals surface area contributed by atoms with E-state index in [0.717, 1.165) is 38.5 Å². The average molecular weight is 711 g/mol. The summed E-state index contributed by atoms with van der Waals surface area (Å²) in [6.07, 6.45) is 17.5. The van der Waals surface area contributed by atoms with Gasteiger partial charge >= 0.3 is 17.9 Å². The smallest absolute Gasteiger partial charge is 0.326 e. The topological polar surface area (TPSA) is 187 Å². The molecule has 11 nitrogen and oxygen atoms in total. The van der Waals surface area contributed by atoms with Crippen LogP contribution in [-0.2, 0) is 28.8 Å². The maximum atomic E-state index is 12.2. The van der Waals surface area contributed by atoms with Crippen LogP contribution in [0.3, 0.4) is 0 Å². The van der Waals surface area contributed by atoms with Gasteiger partial charge in [-0.25, -0.2) is 4.79 Å². The summed E-state index contributed by atoms with van der Waals surface area (Å²) >= 11 is 1.48. The van der Waals surface area contributed by atoms with Crippen molar-refractivity contribution in [2.24, 2.45) is 0 Å². The van der Waals surface area contributed by atoms with Gasteiger partial charge in [-0.3, -0.25) is 24.0 Å². The molecule has 2 amide bonds. The maximum Gasteiger partial charge on any atom is 0.326 e. The molecule has 0 saturated heterocycles. The normalized spacial score (nSPS) is 12.3. The van der Waals surface area contributed by atoms with E-state index in [-0.39, 0.29) is 44.4 Å². The zero-order valence-corrected chi connectivity index (χ0v) is 27.0. The van der Waals surface area contributed by atoms with E-state index in [2.05, 4.69) is 10.6 Å². The Morgan fingerprint density at radius 1 is 0.452 bits per heavy atom. The average Bonchev–Trinajstić information content (AvgIpc) is 2.91. The Balaban J connectivity index is 3.80. The molecule has 12 heteroatoms. The van der Waals surface area contributed by atoms with Gasteiger partial charge in [-0.2, -0.15) is 0 Å². The number of carboxylic acids is 3. The number of nitrogens with one attached hydrogen (secondary N) is 2. The van der Waals surface area contributed by atoms with Crippen LogP contribution in [0, 0.1) is 0 Å². The van der Waals surface area contributed by atoms with E-state index in [9.17, 15) is 33.9 Å². The van der Waals surface area contributed by atoms with Crippen molar-refractivity contribution in [3.05, 3.63) is 0 Å². The molecule has 0 aliphatic carbocycles. The molecule has 0 saturated carbocycles. The van der Waals surface area contributed by atoms with Crippen LogP contribution < -0.4 is 10.6 Å². The lowest BCUT2D eigenvalue weighted by Crippen LogP contribution is -2.43. The summed E-state index contributed by atoms with van der Waals surface area (Å²) in [5.41, 5.74) is 0. The van der Waals surface area contributed by atoms with Gasteiger partial charge in [0.1, 0.15) is 6.04 Å². The van der Waals surface area contributed by atoms with Crippen LogP contribution in [0.15, 0.2) is 0 Å². The van der Waals surface area contributed by atoms with Crippen molar-refractivity contribution >= 4 is 56.1 Å². The summed E-state index contributed by atoms with van der Waals surface area (Å²) in [6, 6.07) is -2.17. The summed E-state index contributed by atoms with van der Waals surface area (Å²) < 4.78 is -0.410. The first kappa shape index (κ1) is 39.8. The molecule has 0 aromatic rings. The Morgan fingerprint density at radius 2 is 0.786 bits per heavy atom. The molecule has 0 heterocycles. The number of carbonyl (C=O) groups is 6. The molecule has 0 unspecified atom stereocenters. The molecule has 0 fully saturated rings. The van der Waals surface area contributed by atoms with Gasteiger partial charge in [-0.1, -0.05) is 89.9 Å². The standard InChI is InChI=1S/C30H51IN2O9/c31-29(40)23(20-22-28(38)39)32-26(35)21-19-24(30(41)42)33-25(34)17-15-13-11-9-7-5-3-1-2-4-6-8-10-12-14-16-18-27(36)37/h23-24H,1-22H2,(H,32,35)(H,33,34)(H,36,37)(H,38,39)(H,41,42)/t23-,24-/m0/s1. The first-order valence-corrected chi connectivity index (χ1v) is 16.5. The van der Waals surface area contributed by atoms with E-state index >= 15 is 0 Å². The lowest BCUT2D eigenvalue weighted by molar-refractivity contribution is -0.142. The second kappa shape index (κ2) is 26.4. The molecule has 0 bridgehead atoms. The molecule has 5 N–H and O–H groups in total. The van der Waals surface area contributed by atoms with Gasteiger partial charge in [0.2, 0.25) is 15.6 Å². The van der Waals surface area contributed by atoms with Crippen molar-refractivity contribution in [3.63, 3.8) is 0 Å². The monoisotopic (exact) mass is 710 g/mol. The summed E-state index contributed by atoms with van der Waals surface area (Å²) in [4.78, 5) is 68.7. The van der Waals surface area contributed by atoms with Crippen molar-refractivity contribution in [3.8, 4) is 0 Å². The van der Waals surface area contributed by atoms with Gasteiger partial charge < -0.3 is 26.0 Å². The van der Waals surface area contributed by atoms with Crippen LogP contribution in [0.25, 0.3) is 0 Å². The fourth-order valence-corrected chi connectivity index (χ4v) is 5.08. The fraction of sp³-hybridized carbons (Fsp3) is 0.800. The third-order valence-electron chi connectivity index (χ3n) is 7.09. The number of halogens is 1. The highest BCUT2D eigenvalue weighted by Gasteiger charge is 2.23. The van der Waals surface area contributed by atoms with Gasteiger partial charge in [-0.15, -0.1) is 0 Å². The third-order valence-corrected chi connectivity index (χ3v) is 7.85. The van der Waals surface area contributed by atoms with Crippen LogP contribution in [0.2, 0.25) is 0 Å². The molecule has 0 spiro atoms. The predicted octanol–water partition coefficient (Wildman–Crippen LogP) is 5.75. The molecule has 0 aromatic carbocycles. The maximum absolute atomic E-state index is 12.2. The Labute approximate surface area is 263 Å². The highest BCUT2D eigenvalue weighted by Crippen LogP contribution is 2.14. The molecule has 2 atom stereocenters. The van der Waals surface area contributed by atoms with E-state index in [1.807, 2.05) is 0 Å². The molecule has 0 rings (SSSR count). The first-order chi connectivity index (χ1) is 20.0. The number of rotatable bonds is 29. The van der Waals surface area contributed by atoms with Gasteiger partial charge in [0, 0.05) is 48.3 Å². The zero-order valence-electron chi connectivity index (χ0n) is 24.9. The van der Waals surface area contributed by atoms with Crippen LogP contribution >= 0.6 is 22.6 Å². The number of hydrogen-bond donors (Lipinski definition) is 5. The Morgan fingerprint density at radius 3 is 1.17 bits per heavy atom. The summed E-state index contributed by atoms with van der Waals surface area (Å²) in [6.45, 7) is 0. The Kier molecular flexibility index (Phi) is 25.0. The fourth-order valence-electron chi connectivity index (χ4n) is 4.61. The van der Waals surface area contributed by atoms with E-state index in [4.69, 9.17) is 10.2 Å². The minimum Gasteiger partial charge on any atom is -0.481 e. The minimum absolute atomic E-state index is 0.0518. The van der Waals surface area contributed by atoms with E-state index in [1.54, 1.807) is 0 Å². The molecule has 0 aliphatic heterocycles. The number of unbranched alkanes of at least 4 members (excludes halogenated alkanes) is 15. The lowest BCUT2D eigenvalue weighted by Gasteiger charge is -2.17. The number of hydrogen-bond acceptors (Lipinski definition) is 6. The van der Waals surface area contributed by atoms with E-state index < -0.39 is 39.7 Å². The SMILES string of the molecule is O=C(O)CCCCCCCCCCCCCCCCCCC(=O)N[C@@H](CCC(=O)N[C@@H](CCC(=O)O)C(=O)I)C(=O)O. The van der Waals surface area contributed by atoms with Crippen molar-refractivity contribution in [1.29, 1.82) is 0 Å². The van der Waals surface area contributed by atoms with Gasteiger partial charge in [0.25, 0.3) is 0 Å². The van der Waals surface area contributed by atoms with Gasteiger partial charge in [0.05, 0.1) is 6.04 Å². The molecule has 0 aromatic heterocycles. The van der Waals surface area contributed by atoms with E-state index in [0.29, 0.717) is 6.42 Å². The number of aliphatic carboxylic acids is 3. The Bertz CT molecular complexity index is 823. The van der Waals surface area contributed by atoms with Crippen molar-refractivity contribution in [2.75, 3.05) is 0 Å². The summed E-state index contributed by atoms with van der Waals surface area (Å²) in [7, 11) is 0. The third kappa shape index (κ3) is 25.5. The lowest BCUT2D eigenvalue weighted by atomic mass is 10.0. The second-order valence-corrected chi connectivity index (χ2v) is 12.0. The quantitative estimate of drug-likeness (QED) is 0.0366. The molecule has 0 aliphatic rings. The highest BCUT2D eigenvalue weighted by molar-refractivity contribution is 14.1. The number of carboxylic acid groups (broad SMARTS) is 3. The van der Waals surface area contributed by atoms with Gasteiger partial charge in [-0.05, 0) is 25.7 Å². The van der Waals surface area contributed by atoms with Crippen molar-refractivity contribution in [2.45, 2.75) is 153 Å². The molecule has 0 radical (unpaired) electrons. The number of carbonyl (C=O) groups excluding carboxylic acids is 3. The van der Waals surface area contributed by atoms with E-state index in [1.165, 1.54) is 80.4 Å². The van der Waals surface area contributed by atoms with Crippen molar-refractivity contribution in [1.82, 2.24) is 10.6 Å². The second-order valence-electron chi connectivity index (χ2n) is 10.9. The zero-order chi connectivity index (χ0) is 31.6. The Hall–Kier alpha value is -2.25. The van der Waals surface area contributed by atoms with Crippen LogP contribution in [0.4, 0.5) is 0 Å². The highest BCUT2D eigenvalue weighted by atomic mass is 127. The molecule has 42 heavy (non-hydrogen) atoms. The van der Waals surface area contributed by atoms with Gasteiger partial charge in [0.15, 0.2) is 0 Å². The molecular weight excluding hydrogens is 659 g/mol.